The fourth-order valence-electron chi connectivity index (χ4n) is 2.16. The molecule has 0 spiro atoms. The Bertz CT molecular complexity index is 599. The van der Waals surface area contributed by atoms with Crippen molar-refractivity contribution in [3.05, 3.63) is 60.2 Å². The minimum absolute atomic E-state index is 0.0213. The van der Waals surface area contributed by atoms with Crippen LogP contribution < -0.4 is 10.6 Å². The van der Waals surface area contributed by atoms with Crippen LogP contribution in [0.15, 0.2) is 54.6 Å². The topological polar surface area (TPSA) is 66.6 Å². The highest BCUT2D eigenvalue weighted by Crippen LogP contribution is 2.21. The zero-order valence-corrected chi connectivity index (χ0v) is 12.1. The number of anilines is 1. The molecule has 2 rings (SSSR count). The second-order valence-corrected chi connectivity index (χ2v) is 5.03. The first-order valence-electron chi connectivity index (χ1n) is 6.94. The standard InChI is InChI=1S/C17H20N2O2/c1-19(14-8-5-9-15(20)12-14)17(21)11-10-16(18)13-6-3-2-4-7-13/h2-9,12,16,20H,10-11,18H2,1H3. The summed E-state index contributed by atoms with van der Waals surface area (Å²) in [6.07, 6.45) is 0.953. The lowest BCUT2D eigenvalue weighted by Gasteiger charge is -2.19. The van der Waals surface area contributed by atoms with Crippen molar-refractivity contribution in [2.24, 2.45) is 5.73 Å². The van der Waals surface area contributed by atoms with E-state index in [4.69, 9.17) is 5.73 Å². The van der Waals surface area contributed by atoms with E-state index in [1.54, 1.807) is 31.3 Å². The quantitative estimate of drug-likeness (QED) is 0.887. The zero-order chi connectivity index (χ0) is 15.2. The normalized spacial score (nSPS) is 11.9. The molecule has 0 bridgehead atoms. The van der Waals surface area contributed by atoms with E-state index in [0.717, 1.165) is 5.56 Å². The van der Waals surface area contributed by atoms with Crippen LogP contribution in [0.5, 0.6) is 5.75 Å². The van der Waals surface area contributed by atoms with Crippen molar-refractivity contribution in [1.82, 2.24) is 0 Å². The highest BCUT2D eigenvalue weighted by Gasteiger charge is 2.14. The molecule has 1 amide bonds. The van der Waals surface area contributed by atoms with Gasteiger partial charge in [0, 0.05) is 31.3 Å². The van der Waals surface area contributed by atoms with E-state index >= 15 is 0 Å². The number of phenolic OH excluding ortho intramolecular Hbond substituents is 1. The van der Waals surface area contributed by atoms with E-state index in [0.29, 0.717) is 18.5 Å². The lowest BCUT2D eigenvalue weighted by Crippen LogP contribution is -2.27. The minimum atomic E-state index is -0.146. The molecule has 0 heterocycles. The minimum Gasteiger partial charge on any atom is -0.508 e. The summed E-state index contributed by atoms with van der Waals surface area (Å²) in [6.45, 7) is 0. The van der Waals surface area contributed by atoms with Gasteiger partial charge in [-0.15, -0.1) is 0 Å². The van der Waals surface area contributed by atoms with Crippen LogP contribution in [0.25, 0.3) is 0 Å². The summed E-state index contributed by atoms with van der Waals surface area (Å²) in [6, 6.07) is 16.2. The van der Waals surface area contributed by atoms with Gasteiger partial charge in [-0.25, -0.2) is 0 Å². The van der Waals surface area contributed by atoms with Gasteiger partial charge < -0.3 is 15.7 Å². The Hall–Kier alpha value is -2.33. The number of aromatic hydroxyl groups is 1. The number of carbonyl (C=O) groups is 1. The van der Waals surface area contributed by atoms with Gasteiger partial charge in [0.2, 0.25) is 5.91 Å². The third-order valence-corrected chi connectivity index (χ3v) is 3.49. The molecule has 0 fully saturated rings. The molecule has 2 aromatic rings. The first-order chi connectivity index (χ1) is 10.1. The fraction of sp³-hybridized carbons (Fsp3) is 0.235. The number of carbonyl (C=O) groups excluding carboxylic acids is 1. The average molecular weight is 284 g/mol. The number of phenols is 1. The smallest absolute Gasteiger partial charge is 0.226 e. The molecular weight excluding hydrogens is 264 g/mol. The predicted molar refractivity (Wildman–Crippen MR) is 84.1 cm³/mol. The molecule has 0 aliphatic heterocycles. The number of nitrogens with zero attached hydrogens (tertiary/aromatic N) is 1. The molecule has 0 saturated carbocycles. The van der Waals surface area contributed by atoms with E-state index in [2.05, 4.69) is 0 Å². The van der Waals surface area contributed by atoms with Gasteiger partial charge in [0.25, 0.3) is 0 Å². The number of nitrogens with two attached hydrogens (primary N) is 1. The largest absolute Gasteiger partial charge is 0.508 e. The first-order valence-corrected chi connectivity index (χ1v) is 6.94. The van der Waals surface area contributed by atoms with Gasteiger partial charge in [0.1, 0.15) is 5.75 Å². The van der Waals surface area contributed by atoms with E-state index in [-0.39, 0.29) is 17.7 Å². The monoisotopic (exact) mass is 284 g/mol. The SMILES string of the molecule is CN(C(=O)CCC(N)c1ccccc1)c1cccc(O)c1. The van der Waals surface area contributed by atoms with Crippen LogP contribution in [0, 0.1) is 0 Å². The van der Waals surface area contributed by atoms with Crippen LogP contribution in [-0.4, -0.2) is 18.1 Å². The van der Waals surface area contributed by atoms with Crippen LogP contribution in [0.1, 0.15) is 24.4 Å². The molecule has 4 nitrogen and oxygen atoms in total. The number of rotatable bonds is 5. The van der Waals surface area contributed by atoms with Crippen molar-refractivity contribution in [1.29, 1.82) is 0 Å². The summed E-state index contributed by atoms with van der Waals surface area (Å²) in [4.78, 5) is 13.7. The van der Waals surface area contributed by atoms with E-state index in [1.165, 1.54) is 4.90 Å². The number of hydrogen-bond donors (Lipinski definition) is 2. The van der Waals surface area contributed by atoms with Gasteiger partial charge in [0.05, 0.1) is 0 Å². The van der Waals surface area contributed by atoms with Crippen molar-refractivity contribution in [3.8, 4) is 5.75 Å². The summed E-state index contributed by atoms with van der Waals surface area (Å²) in [5.41, 5.74) is 7.80. The molecule has 0 radical (unpaired) electrons. The van der Waals surface area contributed by atoms with Gasteiger partial charge in [-0.1, -0.05) is 36.4 Å². The Morgan fingerprint density at radius 1 is 1.19 bits per heavy atom. The predicted octanol–water partition coefficient (Wildman–Crippen LogP) is 2.84. The second kappa shape index (κ2) is 6.90. The van der Waals surface area contributed by atoms with Gasteiger partial charge in [0.15, 0.2) is 0 Å². The maximum atomic E-state index is 12.2. The van der Waals surface area contributed by atoms with Gasteiger partial charge in [-0.2, -0.15) is 0 Å². The molecule has 2 aromatic carbocycles. The third kappa shape index (κ3) is 4.07. The Kier molecular flexibility index (Phi) is 4.95. The Labute approximate surface area is 124 Å². The molecule has 3 N–H and O–H groups in total. The molecular formula is C17H20N2O2. The molecule has 1 unspecified atom stereocenters. The Morgan fingerprint density at radius 3 is 2.57 bits per heavy atom. The molecule has 0 saturated heterocycles. The van der Waals surface area contributed by atoms with Crippen molar-refractivity contribution < 1.29 is 9.90 Å². The second-order valence-electron chi connectivity index (χ2n) is 5.03. The van der Waals surface area contributed by atoms with E-state index in [9.17, 15) is 9.90 Å². The molecule has 1 atom stereocenters. The Morgan fingerprint density at radius 2 is 1.90 bits per heavy atom. The molecule has 0 aromatic heterocycles. The maximum absolute atomic E-state index is 12.2. The number of benzene rings is 2. The van der Waals surface area contributed by atoms with Crippen LogP contribution in [0.4, 0.5) is 5.69 Å². The Balaban J connectivity index is 1.92. The highest BCUT2D eigenvalue weighted by molar-refractivity contribution is 5.92. The number of hydrogen-bond acceptors (Lipinski definition) is 3. The summed E-state index contributed by atoms with van der Waals surface area (Å²) in [7, 11) is 1.70. The molecule has 0 aliphatic carbocycles. The lowest BCUT2D eigenvalue weighted by atomic mass is 10.0. The number of amides is 1. The lowest BCUT2D eigenvalue weighted by molar-refractivity contribution is -0.118. The zero-order valence-electron chi connectivity index (χ0n) is 12.1. The summed E-state index contributed by atoms with van der Waals surface area (Å²) in [5, 5.41) is 9.45. The molecule has 21 heavy (non-hydrogen) atoms. The summed E-state index contributed by atoms with van der Waals surface area (Å²) in [5.74, 6) is 0.125. The van der Waals surface area contributed by atoms with Crippen LogP contribution >= 0.6 is 0 Å². The van der Waals surface area contributed by atoms with Crippen LogP contribution in [-0.2, 0) is 4.79 Å². The van der Waals surface area contributed by atoms with Crippen LogP contribution in [0.2, 0.25) is 0 Å². The van der Waals surface area contributed by atoms with Crippen molar-refractivity contribution in [3.63, 3.8) is 0 Å². The van der Waals surface area contributed by atoms with E-state index in [1.807, 2.05) is 30.3 Å². The van der Waals surface area contributed by atoms with Gasteiger partial charge >= 0.3 is 0 Å². The van der Waals surface area contributed by atoms with Crippen molar-refractivity contribution in [2.45, 2.75) is 18.9 Å². The highest BCUT2D eigenvalue weighted by atomic mass is 16.3. The average Bonchev–Trinajstić information content (AvgIpc) is 2.52. The molecule has 4 heteroatoms. The van der Waals surface area contributed by atoms with Gasteiger partial charge in [-0.3, -0.25) is 4.79 Å². The maximum Gasteiger partial charge on any atom is 0.226 e. The summed E-state index contributed by atoms with van der Waals surface area (Å²) >= 11 is 0. The van der Waals surface area contributed by atoms with E-state index < -0.39 is 0 Å². The third-order valence-electron chi connectivity index (χ3n) is 3.49. The van der Waals surface area contributed by atoms with Crippen molar-refractivity contribution >= 4 is 11.6 Å². The fourth-order valence-corrected chi connectivity index (χ4v) is 2.16. The van der Waals surface area contributed by atoms with Crippen molar-refractivity contribution in [2.75, 3.05) is 11.9 Å². The first kappa shape index (κ1) is 15.1. The summed E-state index contributed by atoms with van der Waals surface area (Å²) < 4.78 is 0. The molecule has 0 aliphatic rings. The molecule has 110 valence electrons. The van der Waals surface area contributed by atoms with Crippen LogP contribution in [0.3, 0.4) is 0 Å². The van der Waals surface area contributed by atoms with Gasteiger partial charge in [-0.05, 0) is 24.1 Å².